The van der Waals surface area contributed by atoms with Gasteiger partial charge in [-0.05, 0) is 31.5 Å². The molecule has 0 amide bonds. The lowest BCUT2D eigenvalue weighted by Crippen LogP contribution is -2.39. The molecule has 0 bridgehead atoms. The van der Waals surface area contributed by atoms with Crippen LogP contribution in [0.5, 0.6) is 0 Å². The Morgan fingerprint density at radius 2 is 1.63 bits per heavy atom. The zero-order valence-electron chi connectivity index (χ0n) is 11.5. The second-order valence-corrected chi connectivity index (χ2v) is 4.40. The van der Waals surface area contributed by atoms with Crippen molar-refractivity contribution in [2.24, 2.45) is 27.7 Å². The van der Waals surface area contributed by atoms with Gasteiger partial charge < -0.3 is 26.7 Å². The van der Waals surface area contributed by atoms with Crippen LogP contribution in [-0.2, 0) is 9.47 Å². The Kier molecular flexibility index (Phi) is 11.6. The molecule has 0 spiro atoms. The molecule has 0 fully saturated rings. The van der Waals surface area contributed by atoms with E-state index in [9.17, 15) is 0 Å². The van der Waals surface area contributed by atoms with E-state index in [4.69, 9.17) is 32.2 Å². The SMILES string of the molecule is [N-]=[N+]=NCCOCCOCC(CN)(CCN)CCN. The smallest absolute Gasteiger partial charge is 0.0700 e. The van der Waals surface area contributed by atoms with Gasteiger partial charge in [-0.15, -0.1) is 0 Å². The Morgan fingerprint density at radius 3 is 2.16 bits per heavy atom. The number of rotatable bonds is 13. The minimum Gasteiger partial charge on any atom is -0.379 e. The van der Waals surface area contributed by atoms with Crippen LogP contribution in [0.1, 0.15) is 12.8 Å². The maximum atomic E-state index is 8.07. The molecule has 0 atom stereocenters. The third kappa shape index (κ3) is 8.77. The van der Waals surface area contributed by atoms with Crippen molar-refractivity contribution in [2.75, 3.05) is 52.6 Å². The summed E-state index contributed by atoms with van der Waals surface area (Å²) < 4.78 is 10.8. The summed E-state index contributed by atoms with van der Waals surface area (Å²) in [5.41, 5.74) is 25.0. The van der Waals surface area contributed by atoms with Crippen LogP contribution >= 0.6 is 0 Å². The average Bonchev–Trinajstić information content (AvgIpc) is 2.42. The van der Waals surface area contributed by atoms with Crippen molar-refractivity contribution in [1.82, 2.24) is 0 Å². The van der Waals surface area contributed by atoms with Crippen LogP contribution in [0, 0.1) is 5.41 Å². The summed E-state index contributed by atoms with van der Waals surface area (Å²) in [6.07, 6.45) is 1.61. The highest BCUT2D eigenvalue weighted by atomic mass is 16.5. The average molecular weight is 274 g/mol. The third-order valence-electron chi connectivity index (χ3n) is 2.96. The van der Waals surface area contributed by atoms with Crippen molar-refractivity contribution in [2.45, 2.75) is 12.8 Å². The molecule has 8 nitrogen and oxygen atoms in total. The lowest BCUT2D eigenvalue weighted by atomic mass is 9.82. The van der Waals surface area contributed by atoms with Crippen LogP contribution in [0.25, 0.3) is 10.4 Å². The first-order valence-electron chi connectivity index (χ1n) is 6.51. The number of hydrogen-bond acceptors (Lipinski definition) is 6. The number of ether oxygens (including phenoxy) is 2. The van der Waals surface area contributed by atoms with Gasteiger partial charge in [0, 0.05) is 23.4 Å². The van der Waals surface area contributed by atoms with Gasteiger partial charge in [-0.1, -0.05) is 5.11 Å². The molecule has 0 saturated heterocycles. The standard InChI is InChI=1S/C11H26N6O2/c12-3-1-11(9-14,2-4-13)10-19-8-7-18-6-5-16-17-15/h1-10,12-14H2. The summed E-state index contributed by atoms with van der Waals surface area (Å²) in [6, 6.07) is 0. The first-order valence-corrected chi connectivity index (χ1v) is 6.51. The molecule has 0 aliphatic rings. The molecule has 0 unspecified atom stereocenters. The summed E-state index contributed by atoms with van der Waals surface area (Å²) in [5.74, 6) is 0. The molecular formula is C11H26N6O2. The summed E-state index contributed by atoms with van der Waals surface area (Å²) >= 11 is 0. The lowest BCUT2D eigenvalue weighted by Gasteiger charge is -2.31. The monoisotopic (exact) mass is 274 g/mol. The van der Waals surface area contributed by atoms with Gasteiger partial charge in [0.1, 0.15) is 0 Å². The van der Waals surface area contributed by atoms with Crippen molar-refractivity contribution in [3.05, 3.63) is 10.4 Å². The van der Waals surface area contributed by atoms with E-state index >= 15 is 0 Å². The fourth-order valence-electron chi connectivity index (χ4n) is 1.80. The van der Waals surface area contributed by atoms with E-state index in [1.165, 1.54) is 0 Å². The van der Waals surface area contributed by atoms with E-state index in [0.717, 1.165) is 12.8 Å². The molecule has 0 aromatic rings. The molecule has 6 N–H and O–H groups in total. The minimum absolute atomic E-state index is 0.130. The Bertz CT molecular complexity index is 252. The molecule has 0 heterocycles. The van der Waals surface area contributed by atoms with Crippen molar-refractivity contribution in [3.8, 4) is 0 Å². The molecule has 0 aromatic carbocycles. The Morgan fingerprint density at radius 1 is 1.00 bits per heavy atom. The van der Waals surface area contributed by atoms with Crippen LogP contribution in [0.2, 0.25) is 0 Å². The molecule has 19 heavy (non-hydrogen) atoms. The van der Waals surface area contributed by atoms with E-state index in [1.807, 2.05) is 0 Å². The molecule has 0 aliphatic heterocycles. The van der Waals surface area contributed by atoms with E-state index < -0.39 is 0 Å². The largest absolute Gasteiger partial charge is 0.379 e. The second kappa shape index (κ2) is 12.2. The van der Waals surface area contributed by atoms with Gasteiger partial charge in [-0.3, -0.25) is 0 Å². The predicted molar refractivity (Wildman–Crippen MR) is 74.5 cm³/mol. The Hall–Kier alpha value is -0.890. The highest BCUT2D eigenvalue weighted by Crippen LogP contribution is 2.24. The van der Waals surface area contributed by atoms with Gasteiger partial charge in [0.25, 0.3) is 0 Å². The molecule has 112 valence electrons. The molecule has 0 rings (SSSR count). The van der Waals surface area contributed by atoms with Crippen LogP contribution in [-0.4, -0.2) is 52.6 Å². The van der Waals surface area contributed by atoms with E-state index in [0.29, 0.717) is 52.6 Å². The maximum Gasteiger partial charge on any atom is 0.0700 e. The van der Waals surface area contributed by atoms with Crippen molar-refractivity contribution < 1.29 is 9.47 Å². The quantitative estimate of drug-likeness (QED) is 0.187. The van der Waals surface area contributed by atoms with Crippen molar-refractivity contribution in [1.29, 1.82) is 0 Å². The van der Waals surface area contributed by atoms with Gasteiger partial charge in [0.2, 0.25) is 0 Å². The van der Waals surface area contributed by atoms with Crippen LogP contribution in [0.4, 0.5) is 0 Å². The minimum atomic E-state index is -0.130. The van der Waals surface area contributed by atoms with E-state index in [-0.39, 0.29) is 5.41 Å². The summed E-state index contributed by atoms with van der Waals surface area (Å²) in [5, 5.41) is 3.36. The lowest BCUT2D eigenvalue weighted by molar-refractivity contribution is 0.00392. The second-order valence-electron chi connectivity index (χ2n) is 4.40. The first kappa shape index (κ1) is 18.1. The van der Waals surface area contributed by atoms with Gasteiger partial charge in [-0.25, -0.2) is 0 Å². The molecular weight excluding hydrogens is 248 g/mol. The fourth-order valence-corrected chi connectivity index (χ4v) is 1.80. The fraction of sp³-hybridized carbons (Fsp3) is 1.00. The zero-order valence-corrected chi connectivity index (χ0v) is 11.5. The highest BCUT2D eigenvalue weighted by molar-refractivity contribution is 4.81. The van der Waals surface area contributed by atoms with Crippen LogP contribution in [0.15, 0.2) is 5.11 Å². The Balaban J connectivity index is 3.76. The predicted octanol–water partition coefficient (Wildman–Crippen LogP) is -0.0274. The molecule has 0 aliphatic carbocycles. The number of hydrogen-bond donors (Lipinski definition) is 3. The summed E-state index contributed by atoms with van der Waals surface area (Å²) in [7, 11) is 0. The molecule has 8 heteroatoms. The molecule has 0 radical (unpaired) electrons. The van der Waals surface area contributed by atoms with Crippen LogP contribution < -0.4 is 17.2 Å². The number of azide groups is 1. The van der Waals surface area contributed by atoms with E-state index in [1.54, 1.807) is 0 Å². The van der Waals surface area contributed by atoms with Gasteiger partial charge in [0.15, 0.2) is 0 Å². The van der Waals surface area contributed by atoms with E-state index in [2.05, 4.69) is 10.0 Å². The normalized spacial score (nSPS) is 11.3. The van der Waals surface area contributed by atoms with Crippen molar-refractivity contribution >= 4 is 0 Å². The number of nitrogens with two attached hydrogens (primary N) is 3. The third-order valence-corrected chi connectivity index (χ3v) is 2.96. The number of nitrogens with zero attached hydrogens (tertiary/aromatic N) is 3. The van der Waals surface area contributed by atoms with Crippen molar-refractivity contribution in [3.63, 3.8) is 0 Å². The first-order chi connectivity index (χ1) is 9.24. The van der Waals surface area contributed by atoms with Crippen LogP contribution in [0.3, 0.4) is 0 Å². The summed E-state index contributed by atoms with van der Waals surface area (Å²) in [6.45, 7) is 3.88. The molecule has 0 aromatic heterocycles. The maximum absolute atomic E-state index is 8.07. The van der Waals surface area contributed by atoms with Gasteiger partial charge >= 0.3 is 0 Å². The highest BCUT2D eigenvalue weighted by Gasteiger charge is 2.27. The Labute approximate surface area is 114 Å². The topological polar surface area (TPSA) is 145 Å². The summed E-state index contributed by atoms with van der Waals surface area (Å²) in [4.78, 5) is 2.63. The zero-order chi connectivity index (χ0) is 14.4. The van der Waals surface area contributed by atoms with Gasteiger partial charge in [0.05, 0.1) is 26.4 Å². The molecule has 0 saturated carbocycles. The van der Waals surface area contributed by atoms with Gasteiger partial charge in [-0.2, -0.15) is 0 Å².